The zero-order chi connectivity index (χ0) is 27.5. The number of hydrogen-bond acceptors (Lipinski definition) is 8. The Balaban J connectivity index is 2.07. The standard InChI is InChI=1S/C24H31FN4O7S/c1-24(2,3)35-23(32)28(4)17-8-6-7-13-29-20(17)27-18(19(22(29)31)36-37(5,33)34)21(30)26-14-15-9-11-16(25)12-10-15/h9-12,17H,6-8,13-14H2,1-5H3,(H,26,30). The van der Waals surface area contributed by atoms with Gasteiger partial charge in [-0.25, -0.2) is 14.2 Å². The minimum Gasteiger partial charge on any atom is -0.444 e. The zero-order valence-electron chi connectivity index (χ0n) is 21.4. The number of fused-ring (bicyclic) bond motifs is 1. The molecule has 0 fully saturated rings. The molecule has 1 N–H and O–H groups in total. The highest BCUT2D eigenvalue weighted by molar-refractivity contribution is 7.86. The van der Waals surface area contributed by atoms with Gasteiger partial charge in [-0.1, -0.05) is 12.1 Å². The molecule has 0 bridgehead atoms. The fourth-order valence-electron chi connectivity index (χ4n) is 3.84. The van der Waals surface area contributed by atoms with Crippen LogP contribution in [0.3, 0.4) is 0 Å². The summed E-state index contributed by atoms with van der Waals surface area (Å²) < 4.78 is 48.7. The van der Waals surface area contributed by atoms with Crippen molar-refractivity contribution in [3.8, 4) is 5.75 Å². The van der Waals surface area contributed by atoms with Gasteiger partial charge >= 0.3 is 16.2 Å². The van der Waals surface area contributed by atoms with Crippen molar-refractivity contribution in [3.05, 3.63) is 57.5 Å². The molecule has 0 aliphatic carbocycles. The lowest BCUT2D eigenvalue weighted by Gasteiger charge is -2.30. The molecule has 1 atom stereocenters. The SMILES string of the molecule is CN(C(=O)OC(C)(C)C)C1CCCCn2c1nc(C(=O)NCc1ccc(F)cc1)c(OS(C)(=O)=O)c2=O. The van der Waals surface area contributed by atoms with Gasteiger partial charge in [0.1, 0.15) is 17.2 Å². The number of carbonyl (C=O) groups excluding carboxylic acids is 2. The summed E-state index contributed by atoms with van der Waals surface area (Å²) in [6.45, 7) is 5.32. The molecule has 1 aliphatic rings. The van der Waals surface area contributed by atoms with Gasteiger partial charge in [0.15, 0.2) is 5.69 Å². The number of ether oxygens (including phenoxy) is 1. The molecule has 2 amide bonds. The van der Waals surface area contributed by atoms with Gasteiger partial charge in [0.2, 0.25) is 5.75 Å². The van der Waals surface area contributed by atoms with Crippen LogP contribution in [0.15, 0.2) is 29.1 Å². The number of hydrogen-bond donors (Lipinski definition) is 1. The van der Waals surface area contributed by atoms with Gasteiger partial charge in [-0.15, -0.1) is 0 Å². The fraction of sp³-hybridized carbons (Fsp3) is 0.500. The van der Waals surface area contributed by atoms with Crippen molar-refractivity contribution in [2.75, 3.05) is 13.3 Å². The van der Waals surface area contributed by atoms with Crippen molar-refractivity contribution in [1.82, 2.24) is 19.8 Å². The van der Waals surface area contributed by atoms with Crippen molar-refractivity contribution < 1.29 is 31.3 Å². The van der Waals surface area contributed by atoms with E-state index < -0.39 is 56.6 Å². The summed E-state index contributed by atoms with van der Waals surface area (Å²) in [5.74, 6) is -1.93. The maximum atomic E-state index is 13.4. The van der Waals surface area contributed by atoms with Crippen LogP contribution in [0.4, 0.5) is 9.18 Å². The van der Waals surface area contributed by atoms with E-state index in [2.05, 4.69) is 10.3 Å². The van der Waals surface area contributed by atoms with E-state index in [-0.39, 0.29) is 18.9 Å². The van der Waals surface area contributed by atoms with E-state index in [1.54, 1.807) is 20.8 Å². The van der Waals surface area contributed by atoms with Gasteiger partial charge in [0.25, 0.3) is 11.5 Å². The van der Waals surface area contributed by atoms with E-state index in [4.69, 9.17) is 8.92 Å². The molecule has 1 aromatic carbocycles. The van der Waals surface area contributed by atoms with Crippen LogP contribution in [0, 0.1) is 5.82 Å². The van der Waals surface area contributed by atoms with Gasteiger partial charge < -0.3 is 19.1 Å². The van der Waals surface area contributed by atoms with E-state index in [0.29, 0.717) is 24.8 Å². The van der Waals surface area contributed by atoms with Crippen LogP contribution in [0.1, 0.15) is 68.0 Å². The molecule has 2 aromatic rings. The number of benzene rings is 1. The number of carbonyl (C=O) groups is 2. The molecule has 1 aromatic heterocycles. The average molecular weight is 539 g/mol. The second-order valence-corrected chi connectivity index (χ2v) is 11.4. The van der Waals surface area contributed by atoms with Crippen molar-refractivity contribution in [2.45, 2.75) is 64.8 Å². The Morgan fingerprint density at radius 1 is 1.22 bits per heavy atom. The number of aromatic nitrogens is 2. The smallest absolute Gasteiger partial charge is 0.410 e. The van der Waals surface area contributed by atoms with E-state index in [9.17, 15) is 27.2 Å². The summed E-state index contributed by atoms with van der Waals surface area (Å²) in [5.41, 5.74) is -1.59. The maximum absolute atomic E-state index is 13.4. The highest BCUT2D eigenvalue weighted by atomic mass is 32.2. The summed E-state index contributed by atoms with van der Waals surface area (Å²) in [5, 5.41) is 2.56. The lowest BCUT2D eigenvalue weighted by molar-refractivity contribution is 0.0202. The summed E-state index contributed by atoms with van der Waals surface area (Å²) in [4.78, 5) is 45.1. The van der Waals surface area contributed by atoms with Crippen LogP contribution in [0.25, 0.3) is 0 Å². The molecule has 0 saturated carbocycles. The minimum absolute atomic E-state index is 0.0429. The Kier molecular flexibility index (Phi) is 8.25. The number of nitrogens with zero attached hydrogens (tertiary/aromatic N) is 3. The van der Waals surface area contributed by atoms with Gasteiger partial charge in [-0.05, 0) is 57.7 Å². The minimum atomic E-state index is -4.19. The molecule has 0 saturated heterocycles. The average Bonchev–Trinajstić information content (AvgIpc) is 3.00. The van der Waals surface area contributed by atoms with E-state index in [1.165, 1.54) is 40.8 Å². The molecule has 1 unspecified atom stereocenters. The summed E-state index contributed by atoms with van der Waals surface area (Å²) in [6, 6.07) is 4.66. The normalized spacial score (nSPS) is 15.8. The quantitative estimate of drug-likeness (QED) is 0.555. The molecule has 2 heterocycles. The molecule has 13 heteroatoms. The first-order valence-corrected chi connectivity index (χ1v) is 13.5. The van der Waals surface area contributed by atoms with Crippen LogP contribution in [-0.2, 0) is 27.9 Å². The van der Waals surface area contributed by atoms with Crippen molar-refractivity contribution >= 4 is 22.1 Å². The summed E-state index contributed by atoms with van der Waals surface area (Å²) >= 11 is 0. The Morgan fingerprint density at radius 2 is 1.86 bits per heavy atom. The largest absolute Gasteiger partial charge is 0.444 e. The van der Waals surface area contributed by atoms with Crippen LogP contribution < -0.4 is 15.1 Å². The first-order valence-electron chi connectivity index (χ1n) is 11.7. The second-order valence-electron chi connectivity index (χ2n) is 9.80. The predicted octanol–water partition coefficient (Wildman–Crippen LogP) is 2.74. The Morgan fingerprint density at radius 3 is 2.46 bits per heavy atom. The maximum Gasteiger partial charge on any atom is 0.410 e. The van der Waals surface area contributed by atoms with E-state index in [1.807, 2.05) is 0 Å². The van der Waals surface area contributed by atoms with E-state index >= 15 is 0 Å². The van der Waals surface area contributed by atoms with Crippen LogP contribution in [0.2, 0.25) is 0 Å². The summed E-state index contributed by atoms with van der Waals surface area (Å²) in [7, 11) is -2.68. The molecule has 3 rings (SSSR count). The molecule has 0 radical (unpaired) electrons. The highest BCUT2D eigenvalue weighted by Crippen LogP contribution is 2.30. The van der Waals surface area contributed by atoms with E-state index in [0.717, 1.165) is 6.26 Å². The molecular weight excluding hydrogens is 507 g/mol. The number of halogens is 1. The van der Waals surface area contributed by atoms with Crippen molar-refractivity contribution in [3.63, 3.8) is 0 Å². The monoisotopic (exact) mass is 538 g/mol. The Bertz CT molecular complexity index is 1330. The third-order valence-electron chi connectivity index (χ3n) is 5.53. The lowest BCUT2D eigenvalue weighted by atomic mass is 10.1. The first kappa shape index (κ1) is 28.1. The summed E-state index contributed by atoms with van der Waals surface area (Å²) in [6.07, 6.45) is 1.74. The molecule has 202 valence electrons. The van der Waals surface area contributed by atoms with Crippen LogP contribution in [0.5, 0.6) is 5.75 Å². The third-order valence-corrected chi connectivity index (χ3v) is 6.00. The number of rotatable bonds is 6. The topological polar surface area (TPSA) is 137 Å². The van der Waals surface area contributed by atoms with Gasteiger partial charge in [-0.3, -0.25) is 14.2 Å². The second kappa shape index (κ2) is 10.9. The third kappa shape index (κ3) is 7.28. The van der Waals surface area contributed by atoms with Crippen LogP contribution in [-0.4, -0.2) is 53.8 Å². The zero-order valence-corrected chi connectivity index (χ0v) is 22.2. The van der Waals surface area contributed by atoms with Crippen molar-refractivity contribution in [1.29, 1.82) is 0 Å². The molecular formula is C24H31FN4O7S. The molecule has 11 nitrogen and oxygen atoms in total. The molecule has 37 heavy (non-hydrogen) atoms. The molecule has 0 spiro atoms. The highest BCUT2D eigenvalue weighted by Gasteiger charge is 2.34. The van der Waals surface area contributed by atoms with Gasteiger partial charge in [0, 0.05) is 20.1 Å². The Labute approximate surface area is 214 Å². The van der Waals surface area contributed by atoms with Gasteiger partial charge in [-0.2, -0.15) is 8.42 Å². The number of amides is 2. The lowest BCUT2D eigenvalue weighted by Crippen LogP contribution is -2.40. The number of nitrogens with one attached hydrogen (secondary N) is 1. The predicted molar refractivity (Wildman–Crippen MR) is 132 cm³/mol. The Hall–Kier alpha value is -3.48. The molecule has 1 aliphatic heterocycles. The van der Waals surface area contributed by atoms with Crippen LogP contribution >= 0.6 is 0 Å². The van der Waals surface area contributed by atoms with Gasteiger partial charge in [0.05, 0.1) is 12.3 Å². The fourth-order valence-corrected chi connectivity index (χ4v) is 4.29. The van der Waals surface area contributed by atoms with Crippen molar-refractivity contribution in [2.24, 2.45) is 0 Å². The first-order chi connectivity index (χ1) is 17.2.